The molecule has 1 fully saturated rings. The molecule has 1 aromatic carbocycles. The molecule has 1 N–H and O–H groups in total. The first kappa shape index (κ1) is 17.7. The van der Waals surface area contributed by atoms with Gasteiger partial charge in [0.2, 0.25) is 10.0 Å². The highest BCUT2D eigenvalue weighted by Crippen LogP contribution is 2.19. The van der Waals surface area contributed by atoms with E-state index < -0.39 is 10.0 Å². The molecule has 23 heavy (non-hydrogen) atoms. The zero-order chi connectivity index (χ0) is 16.9. The fourth-order valence-electron chi connectivity index (χ4n) is 2.59. The lowest BCUT2D eigenvalue weighted by Gasteiger charge is -2.22. The summed E-state index contributed by atoms with van der Waals surface area (Å²) >= 11 is 0. The summed E-state index contributed by atoms with van der Waals surface area (Å²) in [6.45, 7) is 5.03. The first-order valence-electron chi connectivity index (χ1n) is 7.98. The predicted octanol–water partition coefficient (Wildman–Crippen LogP) is 1.77. The summed E-state index contributed by atoms with van der Waals surface area (Å²) in [7, 11) is -3.30. The van der Waals surface area contributed by atoms with Crippen LogP contribution >= 0.6 is 0 Å². The summed E-state index contributed by atoms with van der Waals surface area (Å²) in [6.07, 6.45) is 2.11. The standard InChI is InChI=1S/C16H24N2O4S/c1-3-18(23(20,21)4-2)14-9-7-13(8-10-14)16(19)17-12-15-6-5-11-22-15/h7-10,15H,3-6,11-12H2,1-2H3,(H,17,19). The summed E-state index contributed by atoms with van der Waals surface area (Å²) in [6, 6.07) is 6.62. The SMILES string of the molecule is CCN(c1ccc(C(=O)NCC2CCCO2)cc1)S(=O)(=O)CC. The van der Waals surface area contributed by atoms with Crippen LogP contribution in [0.5, 0.6) is 0 Å². The van der Waals surface area contributed by atoms with Crippen LogP contribution in [0.25, 0.3) is 0 Å². The van der Waals surface area contributed by atoms with Crippen LogP contribution in [0.15, 0.2) is 24.3 Å². The Bertz CT molecular complexity index is 622. The van der Waals surface area contributed by atoms with E-state index in [-0.39, 0.29) is 17.8 Å². The van der Waals surface area contributed by atoms with Gasteiger partial charge in [-0.05, 0) is 51.0 Å². The second kappa shape index (κ2) is 7.79. The number of hydrogen-bond acceptors (Lipinski definition) is 4. The van der Waals surface area contributed by atoms with E-state index in [0.29, 0.717) is 24.3 Å². The zero-order valence-electron chi connectivity index (χ0n) is 13.6. The minimum Gasteiger partial charge on any atom is -0.376 e. The Labute approximate surface area is 137 Å². The molecule has 1 aliphatic rings. The highest BCUT2D eigenvalue weighted by Gasteiger charge is 2.19. The Morgan fingerprint density at radius 3 is 2.52 bits per heavy atom. The summed E-state index contributed by atoms with van der Waals surface area (Å²) in [5, 5.41) is 2.85. The topological polar surface area (TPSA) is 75.7 Å². The fraction of sp³-hybridized carbons (Fsp3) is 0.562. The Balaban J connectivity index is 2.01. The van der Waals surface area contributed by atoms with E-state index >= 15 is 0 Å². The van der Waals surface area contributed by atoms with Crippen molar-refractivity contribution in [1.29, 1.82) is 0 Å². The number of rotatable bonds is 7. The van der Waals surface area contributed by atoms with Gasteiger partial charge in [-0.3, -0.25) is 9.10 Å². The molecule has 1 unspecified atom stereocenters. The summed E-state index contributed by atoms with van der Waals surface area (Å²) < 4.78 is 30.9. The van der Waals surface area contributed by atoms with Gasteiger partial charge in [0.05, 0.1) is 17.5 Å². The van der Waals surface area contributed by atoms with Gasteiger partial charge in [-0.2, -0.15) is 0 Å². The lowest BCUT2D eigenvalue weighted by molar-refractivity contribution is 0.0858. The van der Waals surface area contributed by atoms with Crippen LogP contribution in [0.4, 0.5) is 5.69 Å². The van der Waals surface area contributed by atoms with Gasteiger partial charge in [-0.15, -0.1) is 0 Å². The molecule has 1 atom stereocenters. The fourth-order valence-corrected chi connectivity index (χ4v) is 3.74. The third-order valence-electron chi connectivity index (χ3n) is 3.92. The number of nitrogens with one attached hydrogen (secondary N) is 1. The monoisotopic (exact) mass is 340 g/mol. The van der Waals surface area contributed by atoms with Crippen molar-refractivity contribution in [2.24, 2.45) is 0 Å². The number of amides is 1. The normalized spacial score (nSPS) is 17.9. The quantitative estimate of drug-likeness (QED) is 0.821. The molecule has 0 radical (unpaired) electrons. The molecule has 0 aromatic heterocycles. The van der Waals surface area contributed by atoms with E-state index in [1.165, 1.54) is 4.31 Å². The molecule has 1 aliphatic heterocycles. The number of hydrogen-bond donors (Lipinski definition) is 1. The van der Waals surface area contributed by atoms with E-state index in [4.69, 9.17) is 4.74 Å². The maximum absolute atomic E-state index is 12.1. The number of anilines is 1. The van der Waals surface area contributed by atoms with Crippen molar-refractivity contribution in [3.8, 4) is 0 Å². The molecule has 1 heterocycles. The Kier molecular flexibility index (Phi) is 6.01. The number of sulfonamides is 1. The van der Waals surface area contributed by atoms with E-state index in [1.807, 2.05) is 0 Å². The van der Waals surface area contributed by atoms with Crippen LogP contribution in [-0.4, -0.2) is 45.9 Å². The van der Waals surface area contributed by atoms with Crippen molar-refractivity contribution in [2.45, 2.75) is 32.8 Å². The first-order chi connectivity index (χ1) is 11.0. The molecule has 7 heteroatoms. The van der Waals surface area contributed by atoms with Crippen LogP contribution in [0.1, 0.15) is 37.0 Å². The van der Waals surface area contributed by atoms with Gasteiger partial charge in [-0.25, -0.2) is 8.42 Å². The summed E-state index contributed by atoms with van der Waals surface area (Å²) in [4.78, 5) is 12.1. The Morgan fingerprint density at radius 1 is 1.30 bits per heavy atom. The van der Waals surface area contributed by atoms with Crippen molar-refractivity contribution in [2.75, 3.05) is 29.8 Å². The van der Waals surface area contributed by atoms with Crippen molar-refractivity contribution in [3.63, 3.8) is 0 Å². The first-order valence-corrected chi connectivity index (χ1v) is 9.59. The number of carbonyl (C=O) groups is 1. The third-order valence-corrected chi connectivity index (χ3v) is 5.79. The highest BCUT2D eigenvalue weighted by atomic mass is 32.2. The maximum atomic E-state index is 12.1. The largest absolute Gasteiger partial charge is 0.376 e. The average molecular weight is 340 g/mol. The Hall–Kier alpha value is -1.60. The molecular formula is C16H24N2O4S. The zero-order valence-corrected chi connectivity index (χ0v) is 14.4. The molecule has 0 bridgehead atoms. The van der Waals surface area contributed by atoms with Gasteiger partial charge < -0.3 is 10.1 Å². The maximum Gasteiger partial charge on any atom is 0.251 e. The van der Waals surface area contributed by atoms with Gasteiger partial charge in [0.1, 0.15) is 0 Å². The number of nitrogens with zero attached hydrogens (tertiary/aromatic N) is 1. The molecule has 0 saturated carbocycles. The number of ether oxygens (including phenoxy) is 1. The average Bonchev–Trinajstić information content (AvgIpc) is 3.07. The van der Waals surface area contributed by atoms with Gasteiger partial charge in [-0.1, -0.05) is 0 Å². The molecule has 2 rings (SSSR count). The van der Waals surface area contributed by atoms with Crippen LogP contribution in [0.2, 0.25) is 0 Å². The van der Waals surface area contributed by atoms with E-state index in [0.717, 1.165) is 19.4 Å². The second-order valence-corrected chi connectivity index (χ2v) is 7.64. The van der Waals surface area contributed by atoms with Gasteiger partial charge >= 0.3 is 0 Å². The van der Waals surface area contributed by atoms with Crippen molar-refractivity contribution in [1.82, 2.24) is 5.32 Å². The summed E-state index contributed by atoms with van der Waals surface area (Å²) in [5.74, 6) is -0.127. The van der Waals surface area contributed by atoms with Crippen molar-refractivity contribution in [3.05, 3.63) is 29.8 Å². The van der Waals surface area contributed by atoms with Gasteiger partial charge in [0.15, 0.2) is 0 Å². The minimum atomic E-state index is -3.30. The lowest BCUT2D eigenvalue weighted by atomic mass is 10.2. The number of benzene rings is 1. The van der Waals surface area contributed by atoms with E-state index in [2.05, 4.69) is 5.32 Å². The van der Waals surface area contributed by atoms with E-state index in [1.54, 1.807) is 38.1 Å². The molecule has 0 aliphatic carbocycles. The number of carbonyl (C=O) groups excluding carboxylic acids is 1. The molecule has 128 valence electrons. The highest BCUT2D eigenvalue weighted by molar-refractivity contribution is 7.92. The molecule has 1 aromatic rings. The van der Waals surface area contributed by atoms with Crippen LogP contribution in [-0.2, 0) is 14.8 Å². The molecule has 1 amide bonds. The third kappa shape index (κ3) is 4.45. The van der Waals surface area contributed by atoms with Gasteiger partial charge in [0.25, 0.3) is 5.91 Å². The molecular weight excluding hydrogens is 316 g/mol. The molecule has 1 saturated heterocycles. The van der Waals surface area contributed by atoms with Crippen molar-refractivity contribution >= 4 is 21.6 Å². The van der Waals surface area contributed by atoms with Crippen LogP contribution < -0.4 is 9.62 Å². The Morgan fingerprint density at radius 2 is 2.00 bits per heavy atom. The van der Waals surface area contributed by atoms with Crippen molar-refractivity contribution < 1.29 is 17.9 Å². The van der Waals surface area contributed by atoms with Crippen LogP contribution in [0, 0.1) is 0 Å². The predicted molar refractivity (Wildman–Crippen MR) is 90.2 cm³/mol. The summed E-state index contributed by atoms with van der Waals surface area (Å²) in [5.41, 5.74) is 1.08. The smallest absolute Gasteiger partial charge is 0.251 e. The molecule has 0 spiro atoms. The lowest BCUT2D eigenvalue weighted by Crippen LogP contribution is -2.33. The van der Waals surface area contributed by atoms with Gasteiger partial charge in [0, 0.05) is 25.3 Å². The van der Waals surface area contributed by atoms with Crippen LogP contribution in [0.3, 0.4) is 0 Å². The van der Waals surface area contributed by atoms with E-state index in [9.17, 15) is 13.2 Å². The second-order valence-electron chi connectivity index (χ2n) is 5.46. The molecule has 6 nitrogen and oxygen atoms in total. The minimum absolute atomic E-state index is 0.0461.